The third-order valence-electron chi connectivity index (χ3n) is 1.09. The van der Waals surface area contributed by atoms with Crippen molar-refractivity contribution in [1.82, 2.24) is 9.97 Å². The molecule has 12 heavy (non-hydrogen) atoms. The molecule has 66 valence electrons. The molecule has 0 aromatic carbocycles. The molecule has 0 bridgehead atoms. The summed E-state index contributed by atoms with van der Waals surface area (Å²) in [5, 5.41) is 0.208. The van der Waals surface area contributed by atoms with Crippen LogP contribution in [0.5, 0.6) is 0 Å². The van der Waals surface area contributed by atoms with E-state index in [0.29, 0.717) is 0 Å². The Balaban J connectivity index is 2.82. The van der Waals surface area contributed by atoms with Crippen molar-refractivity contribution in [3.63, 3.8) is 0 Å². The number of aromatic amines is 1. The van der Waals surface area contributed by atoms with E-state index in [-0.39, 0.29) is 22.7 Å². The molecular formula is C6H6Cl2N2O2. The summed E-state index contributed by atoms with van der Waals surface area (Å²) in [5.41, 5.74) is 0. The Morgan fingerprint density at radius 3 is 2.75 bits per heavy atom. The maximum atomic E-state index is 11.0. The summed E-state index contributed by atoms with van der Waals surface area (Å²) in [5.74, 6) is -0.543. The van der Waals surface area contributed by atoms with Crippen LogP contribution < -0.4 is 0 Å². The van der Waals surface area contributed by atoms with Crippen molar-refractivity contribution in [1.29, 1.82) is 0 Å². The van der Waals surface area contributed by atoms with Crippen LogP contribution in [0.1, 0.15) is 17.5 Å². The van der Waals surface area contributed by atoms with E-state index in [2.05, 4.69) is 14.7 Å². The maximum absolute atomic E-state index is 11.0. The summed E-state index contributed by atoms with van der Waals surface area (Å²) in [6.45, 7) is 1.98. The minimum atomic E-state index is -0.564. The van der Waals surface area contributed by atoms with Crippen LogP contribution in [0.2, 0.25) is 10.3 Å². The molecule has 0 saturated heterocycles. The van der Waals surface area contributed by atoms with Crippen molar-refractivity contribution < 1.29 is 9.53 Å². The van der Waals surface area contributed by atoms with Gasteiger partial charge in [0, 0.05) is 0 Å². The topological polar surface area (TPSA) is 55.0 Å². The quantitative estimate of drug-likeness (QED) is 0.756. The number of aromatic nitrogens is 2. The molecule has 0 aliphatic rings. The Labute approximate surface area is 78.8 Å². The number of imidazole rings is 1. The largest absolute Gasteiger partial charge is 0.460 e. The van der Waals surface area contributed by atoms with Crippen LogP contribution in [0.25, 0.3) is 0 Å². The zero-order valence-corrected chi connectivity index (χ0v) is 7.74. The SMILES string of the molecule is CCOC(=O)c1nc(Cl)c(Cl)[nH]1. The van der Waals surface area contributed by atoms with Gasteiger partial charge in [0.25, 0.3) is 0 Å². The molecule has 0 unspecified atom stereocenters. The van der Waals surface area contributed by atoms with Crippen molar-refractivity contribution in [2.75, 3.05) is 6.61 Å². The van der Waals surface area contributed by atoms with Gasteiger partial charge < -0.3 is 9.72 Å². The second kappa shape index (κ2) is 3.78. The van der Waals surface area contributed by atoms with Gasteiger partial charge in [0.15, 0.2) is 5.15 Å². The molecule has 0 spiro atoms. The highest BCUT2D eigenvalue weighted by Crippen LogP contribution is 2.17. The summed E-state index contributed by atoms with van der Waals surface area (Å²) in [7, 11) is 0. The number of nitrogens with one attached hydrogen (secondary N) is 1. The standard InChI is InChI=1S/C6H6Cl2N2O2/c1-2-12-6(11)5-9-3(7)4(8)10-5/h2H2,1H3,(H,9,10). The van der Waals surface area contributed by atoms with Crippen LogP contribution >= 0.6 is 23.2 Å². The van der Waals surface area contributed by atoms with Crippen LogP contribution in [0.4, 0.5) is 0 Å². The molecule has 0 atom stereocenters. The van der Waals surface area contributed by atoms with E-state index < -0.39 is 5.97 Å². The lowest BCUT2D eigenvalue weighted by Gasteiger charge is -1.95. The summed E-state index contributed by atoms with van der Waals surface area (Å²) in [4.78, 5) is 17.1. The molecule has 0 amide bonds. The van der Waals surface area contributed by atoms with E-state index in [4.69, 9.17) is 23.2 Å². The lowest BCUT2D eigenvalue weighted by atomic mass is 10.6. The molecule has 0 aliphatic carbocycles. The first-order valence-corrected chi connectivity index (χ1v) is 3.99. The number of esters is 1. The van der Waals surface area contributed by atoms with Crippen molar-refractivity contribution in [2.45, 2.75) is 6.92 Å². The molecule has 1 N–H and O–H groups in total. The second-order valence-electron chi connectivity index (χ2n) is 1.91. The molecule has 0 aliphatic heterocycles. The number of rotatable bonds is 2. The molecule has 0 saturated carbocycles. The third-order valence-corrected chi connectivity index (χ3v) is 1.73. The molecular weight excluding hydrogens is 203 g/mol. The Morgan fingerprint density at radius 2 is 2.33 bits per heavy atom. The number of hydrogen-bond donors (Lipinski definition) is 1. The van der Waals surface area contributed by atoms with Gasteiger partial charge in [0.1, 0.15) is 5.15 Å². The number of halogens is 2. The van der Waals surface area contributed by atoms with Gasteiger partial charge >= 0.3 is 5.97 Å². The van der Waals surface area contributed by atoms with Crippen molar-refractivity contribution in [3.8, 4) is 0 Å². The van der Waals surface area contributed by atoms with Gasteiger partial charge in [-0.15, -0.1) is 0 Å². The van der Waals surface area contributed by atoms with Gasteiger partial charge in [-0.3, -0.25) is 0 Å². The van der Waals surface area contributed by atoms with Crippen LogP contribution in [-0.2, 0) is 4.74 Å². The minimum Gasteiger partial charge on any atom is -0.460 e. The van der Waals surface area contributed by atoms with Gasteiger partial charge in [-0.2, -0.15) is 0 Å². The fourth-order valence-corrected chi connectivity index (χ4v) is 0.890. The van der Waals surface area contributed by atoms with E-state index >= 15 is 0 Å². The molecule has 0 radical (unpaired) electrons. The van der Waals surface area contributed by atoms with Crippen LogP contribution in [0.15, 0.2) is 0 Å². The summed E-state index contributed by atoms with van der Waals surface area (Å²) < 4.78 is 4.65. The van der Waals surface area contributed by atoms with Gasteiger partial charge in [-0.05, 0) is 6.92 Å². The third kappa shape index (κ3) is 1.89. The van der Waals surface area contributed by atoms with Crippen molar-refractivity contribution >= 4 is 29.2 Å². The number of carbonyl (C=O) groups excluding carboxylic acids is 1. The van der Waals surface area contributed by atoms with Crippen molar-refractivity contribution in [3.05, 3.63) is 16.1 Å². The second-order valence-corrected chi connectivity index (χ2v) is 2.65. The molecule has 1 aromatic heterocycles. The number of ether oxygens (including phenoxy) is 1. The zero-order chi connectivity index (χ0) is 9.14. The maximum Gasteiger partial charge on any atom is 0.374 e. The zero-order valence-electron chi connectivity index (χ0n) is 6.23. The van der Waals surface area contributed by atoms with Gasteiger partial charge in [-0.1, -0.05) is 23.2 Å². The van der Waals surface area contributed by atoms with Crippen LogP contribution in [0.3, 0.4) is 0 Å². The Morgan fingerprint density at radius 1 is 1.67 bits per heavy atom. The lowest BCUT2D eigenvalue weighted by molar-refractivity contribution is 0.0513. The van der Waals surface area contributed by atoms with E-state index in [1.807, 2.05) is 0 Å². The molecule has 4 nitrogen and oxygen atoms in total. The van der Waals surface area contributed by atoms with E-state index in [0.717, 1.165) is 0 Å². The average Bonchev–Trinajstić information content (AvgIpc) is 2.33. The Bertz CT molecular complexity index is 278. The van der Waals surface area contributed by atoms with Gasteiger partial charge in [0.2, 0.25) is 5.82 Å². The van der Waals surface area contributed by atoms with Crippen molar-refractivity contribution in [2.24, 2.45) is 0 Å². The minimum absolute atomic E-state index is 0.0202. The van der Waals surface area contributed by atoms with E-state index in [1.165, 1.54) is 0 Å². The van der Waals surface area contributed by atoms with Gasteiger partial charge in [0.05, 0.1) is 6.61 Å². The first-order chi connectivity index (χ1) is 5.65. The first kappa shape index (κ1) is 9.35. The molecule has 1 heterocycles. The lowest BCUT2D eigenvalue weighted by Crippen LogP contribution is -2.06. The summed E-state index contributed by atoms with van der Waals surface area (Å²) in [6.07, 6.45) is 0. The highest BCUT2D eigenvalue weighted by molar-refractivity contribution is 6.40. The van der Waals surface area contributed by atoms with Gasteiger partial charge in [-0.25, -0.2) is 9.78 Å². The highest BCUT2D eigenvalue weighted by Gasteiger charge is 2.13. The first-order valence-electron chi connectivity index (χ1n) is 3.23. The van der Waals surface area contributed by atoms with Crippen LogP contribution in [-0.4, -0.2) is 22.5 Å². The summed E-state index contributed by atoms with van der Waals surface area (Å²) >= 11 is 11.0. The predicted octanol–water partition coefficient (Wildman–Crippen LogP) is 1.89. The highest BCUT2D eigenvalue weighted by atomic mass is 35.5. The fraction of sp³-hybridized carbons (Fsp3) is 0.333. The molecule has 0 fully saturated rings. The predicted molar refractivity (Wildman–Crippen MR) is 44.6 cm³/mol. The molecule has 1 aromatic rings. The molecule has 1 rings (SSSR count). The average molecular weight is 209 g/mol. The Hall–Kier alpha value is -0.740. The normalized spacial score (nSPS) is 9.92. The fourth-order valence-electron chi connectivity index (χ4n) is 0.627. The smallest absolute Gasteiger partial charge is 0.374 e. The monoisotopic (exact) mass is 208 g/mol. The number of carbonyl (C=O) groups is 1. The Kier molecular flexibility index (Phi) is 2.94. The number of H-pyrrole nitrogens is 1. The van der Waals surface area contributed by atoms with E-state index in [1.54, 1.807) is 6.92 Å². The number of nitrogens with zero attached hydrogens (tertiary/aromatic N) is 1. The summed E-state index contributed by atoms with van der Waals surface area (Å²) in [6, 6.07) is 0. The van der Waals surface area contributed by atoms with E-state index in [9.17, 15) is 4.79 Å². The molecule has 6 heteroatoms. The van der Waals surface area contributed by atoms with Crippen LogP contribution in [0, 0.1) is 0 Å². The number of hydrogen-bond acceptors (Lipinski definition) is 3.